The minimum Gasteiger partial charge on any atom is -0.389 e. The van der Waals surface area contributed by atoms with Crippen molar-refractivity contribution < 1.29 is 15.0 Å². The SMILES string of the molecule is C[C@H](O)c1cccc(NC(=O)c2ccc(C#CC3(O)CCCCC3)cc2)c1. The number of aliphatic hydroxyl groups is 2. The number of anilines is 1. The van der Waals surface area contributed by atoms with E-state index in [1.807, 2.05) is 6.07 Å². The summed E-state index contributed by atoms with van der Waals surface area (Å²) < 4.78 is 0. The van der Waals surface area contributed by atoms with E-state index in [0.717, 1.165) is 43.2 Å². The van der Waals surface area contributed by atoms with Crippen molar-refractivity contribution >= 4 is 11.6 Å². The molecule has 4 nitrogen and oxygen atoms in total. The summed E-state index contributed by atoms with van der Waals surface area (Å²) in [5.74, 6) is 5.81. The first-order valence-electron chi connectivity index (χ1n) is 9.40. The minimum absolute atomic E-state index is 0.219. The van der Waals surface area contributed by atoms with Crippen molar-refractivity contribution in [1.29, 1.82) is 0 Å². The van der Waals surface area contributed by atoms with Crippen LogP contribution < -0.4 is 5.32 Å². The van der Waals surface area contributed by atoms with Gasteiger partial charge < -0.3 is 15.5 Å². The lowest BCUT2D eigenvalue weighted by molar-refractivity contribution is 0.0610. The van der Waals surface area contributed by atoms with Gasteiger partial charge in [0.25, 0.3) is 5.91 Å². The molecule has 0 spiro atoms. The summed E-state index contributed by atoms with van der Waals surface area (Å²) in [4.78, 5) is 12.4. The lowest BCUT2D eigenvalue weighted by Gasteiger charge is -2.26. The number of carbonyl (C=O) groups is 1. The summed E-state index contributed by atoms with van der Waals surface area (Å²) in [7, 11) is 0. The molecule has 1 fully saturated rings. The number of carbonyl (C=O) groups excluding carboxylic acids is 1. The Hall–Kier alpha value is -2.61. The zero-order valence-electron chi connectivity index (χ0n) is 15.5. The topological polar surface area (TPSA) is 69.6 Å². The van der Waals surface area contributed by atoms with Crippen LogP contribution in [0.15, 0.2) is 48.5 Å². The van der Waals surface area contributed by atoms with Crippen LogP contribution in [-0.2, 0) is 0 Å². The van der Waals surface area contributed by atoms with Gasteiger partial charge in [0.2, 0.25) is 0 Å². The van der Waals surface area contributed by atoms with Crippen molar-refractivity contribution in [3.8, 4) is 11.8 Å². The van der Waals surface area contributed by atoms with Gasteiger partial charge in [-0.1, -0.05) is 30.4 Å². The smallest absolute Gasteiger partial charge is 0.255 e. The maximum Gasteiger partial charge on any atom is 0.255 e. The van der Waals surface area contributed by atoms with E-state index in [2.05, 4.69) is 17.2 Å². The van der Waals surface area contributed by atoms with Crippen LogP contribution in [0.25, 0.3) is 0 Å². The van der Waals surface area contributed by atoms with Crippen molar-refractivity contribution in [2.75, 3.05) is 5.32 Å². The summed E-state index contributed by atoms with van der Waals surface area (Å²) in [5.41, 5.74) is 1.82. The van der Waals surface area contributed by atoms with Gasteiger partial charge in [-0.25, -0.2) is 0 Å². The second-order valence-corrected chi connectivity index (χ2v) is 7.18. The Kier molecular flexibility index (Phi) is 5.95. The first-order chi connectivity index (χ1) is 13.0. The molecule has 27 heavy (non-hydrogen) atoms. The molecule has 3 rings (SSSR count). The summed E-state index contributed by atoms with van der Waals surface area (Å²) in [6, 6.07) is 14.2. The summed E-state index contributed by atoms with van der Waals surface area (Å²) in [6.45, 7) is 1.69. The monoisotopic (exact) mass is 363 g/mol. The second kappa shape index (κ2) is 8.39. The first kappa shape index (κ1) is 19.2. The summed E-state index contributed by atoms with van der Waals surface area (Å²) in [6.07, 6.45) is 4.06. The zero-order chi connectivity index (χ0) is 19.3. The van der Waals surface area contributed by atoms with Crippen LogP contribution >= 0.6 is 0 Å². The number of hydrogen-bond donors (Lipinski definition) is 3. The number of hydrogen-bond acceptors (Lipinski definition) is 3. The number of nitrogens with one attached hydrogen (secondary N) is 1. The van der Waals surface area contributed by atoms with Gasteiger partial charge in [-0.15, -0.1) is 0 Å². The van der Waals surface area contributed by atoms with E-state index < -0.39 is 11.7 Å². The molecule has 0 saturated heterocycles. The molecule has 0 heterocycles. The largest absolute Gasteiger partial charge is 0.389 e. The maximum atomic E-state index is 12.4. The molecule has 1 atom stereocenters. The van der Waals surface area contributed by atoms with Crippen LogP contribution in [0.4, 0.5) is 5.69 Å². The Labute approximate surface area is 160 Å². The van der Waals surface area contributed by atoms with Gasteiger partial charge in [-0.2, -0.15) is 0 Å². The molecular formula is C23H25NO3. The number of aliphatic hydroxyl groups excluding tert-OH is 1. The highest BCUT2D eigenvalue weighted by atomic mass is 16.3. The normalized spacial score (nSPS) is 16.7. The molecule has 2 aromatic carbocycles. The zero-order valence-corrected chi connectivity index (χ0v) is 15.5. The van der Waals surface area contributed by atoms with Crippen molar-refractivity contribution in [3.63, 3.8) is 0 Å². The molecule has 1 saturated carbocycles. The van der Waals surface area contributed by atoms with Gasteiger partial charge in [0.05, 0.1) is 6.10 Å². The highest BCUT2D eigenvalue weighted by Gasteiger charge is 2.26. The highest BCUT2D eigenvalue weighted by molar-refractivity contribution is 6.04. The van der Waals surface area contributed by atoms with E-state index in [0.29, 0.717) is 11.3 Å². The third-order valence-electron chi connectivity index (χ3n) is 4.89. The molecule has 0 aromatic heterocycles. The number of benzene rings is 2. The molecule has 140 valence electrons. The van der Waals surface area contributed by atoms with Crippen molar-refractivity contribution in [2.45, 2.75) is 50.7 Å². The van der Waals surface area contributed by atoms with Crippen LogP contribution in [0.5, 0.6) is 0 Å². The highest BCUT2D eigenvalue weighted by Crippen LogP contribution is 2.27. The fourth-order valence-electron chi connectivity index (χ4n) is 3.23. The lowest BCUT2D eigenvalue weighted by atomic mass is 9.85. The summed E-state index contributed by atoms with van der Waals surface area (Å²) in [5, 5.41) is 22.9. The molecule has 3 N–H and O–H groups in total. The maximum absolute atomic E-state index is 12.4. The van der Waals surface area contributed by atoms with Crippen LogP contribution in [-0.4, -0.2) is 21.7 Å². The third-order valence-corrected chi connectivity index (χ3v) is 4.89. The second-order valence-electron chi connectivity index (χ2n) is 7.18. The minimum atomic E-state index is -0.872. The number of amides is 1. The van der Waals surface area contributed by atoms with E-state index in [1.165, 1.54) is 0 Å². The molecule has 2 aromatic rings. The Balaban J connectivity index is 1.66. The van der Waals surface area contributed by atoms with Crippen molar-refractivity contribution in [1.82, 2.24) is 0 Å². The van der Waals surface area contributed by atoms with Crippen molar-refractivity contribution in [2.24, 2.45) is 0 Å². The average Bonchev–Trinajstić information content (AvgIpc) is 2.67. The standard InChI is InChI=1S/C23H25NO3/c1-17(25)20-6-5-7-21(16-20)24-22(26)19-10-8-18(9-11-19)12-15-23(27)13-3-2-4-14-23/h5-11,16-17,25,27H,2-4,13-14H2,1H3,(H,24,26)/t17-/m0/s1. The Morgan fingerprint density at radius 1 is 1.11 bits per heavy atom. The Morgan fingerprint density at radius 2 is 1.81 bits per heavy atom. The van der Waals surface area contributed by atoms with E-state index >= 15 is 0 Å². The fraction of sp³-hybridized carbons (Fsp3) is 0.348. The van der Waals surface area contributed by atoms with Gasteiger partial charge in [0.1, 0.15) is 5.60 Å². The predicted molar refractivity (Wildman–Crippen MR) is 106 cm³/mol. The third kappa shape index (κ3) is 5.19. The molecule has 1 aliphatic carbocycles. The average molecular weight is 363 g/mol. The van der Waals surface area contributed by atoms with Crippen molar-refractivity contribution in [3.05, 3.63) is 65.2 Å². The quantitative estimate of drug-likeness (QED) is 0.721. The fourth-order valence-corrected chi connectivity index (χ4v) is 3.23. The number of rotatable bonds is 3. The molecule has 0 radical (unpaired) electrons. The molecule has 0 bridgehead atoms. The molecular weight excluding hydrogens is 338 g/mol. The molecule has 0 unspecified atom stereocenters. The predicted octanol–water partition coefficient (Wildman–Crippen LogP) is 4.04. The van der Waals surface area contributed by atoms with Crippen LogP contribution in [0.2, 0.25) is 0 Å². The van der Waals surface area contributed by atoms with Gasteiger partial charge in [0.15, 0.2) is 0 Å². The van der Waals surface area contributed by atoms with Gasteiger partial charge in [-0.05, 0) is 74.6 Å². The Bertz CT molecular complexity index is 853. The van der Waals surface area contributed by atoms with Gasteiger partial charge in [0, 0.05) is 16.8 Å². The molecule has 1 amide bonds. The molecule has 1 aliphatic rings. The van der Waals surface area contributed by atoms with Crippen LogP contribution in [0.3, 0.4) is 0 Å². The molecule has 4 heteroatoms. The van der Waals surface area contributed by atoms with E-state index in [-0.39, 0.29) is 5.91 Å². The van der Waals surface area contributed by atoms with Gasteiger partial charge in [-0.3, -0.25) is 4.79 Å². The van der Waals surface area contributed by atoms with Gasteiger partial charge >= 0.3 is 0 Å². The Morgan fingerprint density at radius 3 is 2.48 bits per heavy atom. The van der Waals surface area contributed by atoms with Crippen LogP contribution in [0, 0.1) is 11.8 Å². The lowest BCUT2D eigenvalue weighted by Crippen LogP contribution is -2.29. The van der Waals surface area contributed by atoms with E-state index in [1.54, 1.807) is 49.4 Å². The molecule has 0 aliphatic heterocycles. The summed E-state index contributed by atoms with van der Waals surface area (Å²) >= 11 is 0. The van der Waals surface area contributed by atoms with E-state index in [4.69, 9.17) is 0 Å². The van der Waals surface area contributed by atoms with Crippen LogP contribution in [0.1, 0.15) is 66.6 Å². The van der Waals surface area contributed by atoms with E-state index in [9.17, 15) is 15.0 Å². The first-order valence-corrected chi connectivity index (χ1v) is 9.40.